The van der Waals surface area contributed by atoms with Crippen molar-refractivity contribution in [1.82, 2.24) is 37.2 Å². The Morgan fingerprint density at radius 1 is 0.507 bits per heavy atom. The molecule has 7 amide bonds. The molecule has 0 fully saturated rings. The molecule has 2 atom stereocenters. The summed E-state index contributed by atoms with van der Waals surface area (Å²) in [5, 5.41) is 17.8. The summed E-state index contributed by atoms with van der Waals surface area (Å²) in [6, 6.07) is 22.7. The van der Waals surface area contributed by atoms with Gasteiger partial charge in [0.1, 0.15) is 43.0 Å². The van der Waals surface area contributed by atoms with E-state index in [1.54, 1.807) is 41.5 Å². The van der Waals surface area contributed by atoms with Crippen molar-refractivity contribution in [2.75, 3.05) is 39.3 Å². The van der Waals surface area contributed by atoms with Gasteiger partial charge in [0.05, 0.1) is 13.1 Å². The highest BCUT2D eigenvalue weighted by Gasteiger charge is 2.31. The van der Waals surface area contributed by atoms with E-state index in [1.165, 1.54) is 0 Å². The number of unbranched alkanes of at least 4 members (excludes halogenated alkanes) is 2. The summed E-state index contributed by atoms with van der Waals surface area (Å²) in [4.78, 5) is 102. The van der Waals surface area contributed by atoms with Gasteiger partial charge in [-0.2, -0.15) is 0 Å². The Labute approximate surface area is 403 Å². The molecule has 0 bridgehead atoms. The summed E-state index contributed by atoms with van der Waals surface area (Å²) >= 11 is 0. The largest absolute Gasteiger partial charge is 0.458 e. The molecule has 1 aliphatic carbocycles. The van der Waals surface area contributed by atoms with Crippen LogP contribution in [0.5, 0.6) is 0 Å². The van der Waals surface area contributed by atoms with Gasteiger partial charge in [-0.3, -0.25) is 19.2 Å². The zero-order valence-corrected chi connectivity index (χ0v) is 40.3. The quantitative estimate of drug-likeness (QED) is 0.0361. The Kier molecular flexibility index (Phi) is 21.3. The molecule has 3 aromatic rings. The summed E-state index contributed by atoms with van der Waals surface area (Å²) < 4.78 is 21.6. The fourth-order valence-corrected chi connectivity index (χ4v) is 7.11. The lowest BCUT2D eigenvalue weighted by Gasteiger charge is -2.26. The van der Waals surface area contributed by atoms with E-state index in [0.29, 0.717) is 25.7 Å². The van der Waals surface area contributed by atoms with Gasteiger partial charge in [0.2, 0.25) is 23.6 Å². The Hall–Kier alpha value is -7.18. The monoisotopic (exact) mass is 957 g/mol. The number of rotatable bonds is 24. The normalized spacial score (nSPS) is 12.7. The molecule has 19 nitrogen and oxygen atoms in total. The van der Waals surface area contributed by atoms with E-state index in [2.05, 4.69) is 37.2 Å². The molecule has 0 saturated carbocycles. The molecule has 0 saturated heterocycles. The number of benzene rings is 3. The van der Waals surface area contributed by atoms with Gasteiger partial charge in [-0.25, -0.2) is 19.2 Å². The van der Waals surface area contributed by atoms with Crippen molar-refractivity contribution in [3.8, 4) is 11.1 Å². The third-order valence-electron chi connectivity index (χ3n) is 10.3. The van der Waals surface area contributed by atoms with E-state index in [-0.39, 0.29) is 45.1 Å². The van der Waals surface area contributed by atoms with E-state index in [9.17, 15) is 38.4 Å². The first kappa shape index (κ1) is 54.4. The molecule has 2 unspecified atom stereocenters. The summed E-state index contributed by atoms with van der Waals surface area (Å²) in [6.45, 7) is 9.33. The van der Waals surface area contributed by atoms with Gasteiger partial charge in [0, 0.05) is 19.0 Å². The Bertz CT molecular complexity index is 2180. The van der Waals surface area contributed by atoms with Gasteiger partial charge in [0.25, 0.3) is 0 Å². The smallest absolute Gasteiger partial charge is 0.407 e. The minimum absolute atomic E-state index is 0.0546. The van der Waals surface area contributed by atoms with Gasteiger partial charge < -0.3 is 56.2 Å². The van der Waals surface area contributed by atoms with Crippen LogP contribution in [-0.4, -0.2) is 110 Å². The van der Waals surface area contributed by atoms with Crippen LogP contribution < -0.4 is 37.2 Å². The van der Waals surface area contributed by atoms with Gasteiger partial charge in [-0.15, -0.1) is 0 Å². The van der Waals surface area contributed by atoms with Crippen LogP contribution >= 0.6 is 0 Å². The number of fused-ring (bicyclic) bond motifs is 3. The van der Waals surface area contributed by atoms with Crippen molar-refractivity contribution in [3.63, 3.8) is 0 Å². The molecule has 0 radical (unpaired) electrons. The first-order valence-corrected chi connectivity index (χ1v) is 23.1. The van der Waals surface area contributed by atoms with Crippen LogP contribution in [0.15, 0.2) is 78.9 Å². The number of carbonyl (C=O) groups is 8. The first-order chi connectivity index (χ1) is 32.8. The van der Waals surface area contributed by atoms with Crippen molar-refractivity contribution in [2.24, 2.45) is 0 Å². The third-order valence-corrected chi connectivity index (χ3v) is 10.3. The van der Waals surface area contributed by atoms with Crippen LogP contribution in [0, 0.1) is 0 Å². The van der Waals surface area contributed by atoms with Gasteiger partial charge in [0.15, 0.2) is 0 Å². The zero-order valence-electron chi connectivity index (χ0n) is 40.3. The minimum atomic E-state index is -1.18. The first-order valence-electron chi connectivity index (χ1n) is 23.1. The Morgan fingerprint density at radius 3 is 1.58 bits per heavy atom. The average molecular weight is 958 g/mol. The number of amides is 7. The van der Waals surface area contributed by atoms with Crippen LogP contribution in [0.25, 0.3) is 11.1 Å². The molecule has 0 aromatic heterocycles. The molecule has 3 aromatic carbocycles. The second-order valence-corrected chi connectivity index (χ2v) is 18.4. The van der Waals surface area contributed by atoms with Gasteiger partial charge >= 0.3 is 24.2 Å². The van der Waals surface area contributed by atoms with Crippen LogP contribution in [0.2, 0.25) is 0 Å². The number of esters is 1. The third kappa shape index (κ3) is 20.3. The van der Waals surface area contributed by atoms with Gasteiger partial charge in [-0.1, -0.05) is 78.9 Å². The highest BCUT2D eigenvalue weighted by atomic mass is 16.6. The fraction of sp³-hybridized carbons (Fsp3) is 0.480. The molecule has 7 N–H and O–H groups in total. The molecule has 69 heavy (non-hydrogen) atoms. The molecular formula is C50H67N7O12. The van der Waals surface area contributed by atoms with Crippen molar-refractivity contribution >= 4 is 47.9 Å². The minimum Gasteiger partial charge on any atom is -0.458 e. The average Bonchev–Trinajstić information content (AvgIpc) is 3.62. The van der Waals surface area contributed by atoms with Crippen molar-refractivity contribution < 1.29 is 57.3 Å². The molecule has 4 rings (SSSR count). The summed E-state index contributed by atoms with van der Waals surface area (Å²) in [6.07, 6.45) is -0.202. The number of hydrogen-bond acceptors (Lipinski definition) is 12. The van der Waals surface area contributed by atoms with E-state index in [1.807, 2.05) is 78.9 Å². The molecule has 1 aliphatic rings. The SMILES string of the molecule is CC(C)(C)OC(=O)NCCCCC(NC(=O)CNC(=O)CNC(=O)CNC(=O)OCC1c2ccccc2-c2ccccc21)C(=O)NC(CCCCNC(=O)OCc1ccccc1)C(=O)OC(C)(C)C. The molecule has 374 valence electrons. The molecular weight excluding hydrogens is 891 g/mol. The van der Waals surface area contributed by atoms with Crippen molar-refractivity contribution in [2.45, 2.75) is 116 Å². The van der Waals surface area contributed by atoms with Crippen molar-refractivity contribution in [3.05, 3.63) is 95.6 Å². The van der Waals surface area contributed by atoms with E-state index >= 15 is 0 Å². The number of hydrogen-bond donors (Lipinski definition) is 7. The number of nitrogens with one attached hydrogen (secondary N) is 7. The number of ether oxygens (including phenoxy) is 4. The number of carbonyl (C=O) groups excluding carboxylic acids is 8. The van der Waals surface area contributed by atoms with Crippen LogP contribution in [-0.2, 0) is 49.5 Å². The second-order valence-electron chi connectivity index (χ2n) is 18.4. The van der Waals surface area contributed by atoms with Gasteiger partial charge in [-0.05, 0) is 108 Å². The predicted octanol–water partition coefficient (Wildman–Crippen LogP) is 4.86. The summed E-state index contributed by atoms with van der Waals surface area (Å²) in [5.41, 5.74) is 3.47. The molecule has 0 heterocycles. The van der Waals surface area contributed by atoms with E-state index in [0.717, 1.165) is 27.8 Å². The lowest BCUT2D eigenvalue weighted by molar-refractivity contribution is -0.159. The standard InChI is InChI=1S/C50H67N7O12/c1-49(2,3)68-45(62)40(25-15-17-26-51-46(63)66-31-33-18-8-7-9-19-33)57-44(61)39(24-14-16-27-52-48(65)69-50(4,5)6)56-43(60)30-54-41(58)28-53-42(59)29-55-47(64)67-32-38-36-22-12-10-20-34(36)35-21-11-13-23-37(35)38/h7-13,18-23,38-40H,14-17,24-32H2,1-6H3,(H,51,63)(H,52,65)(H,53,59)(H,54,58)(H,55,64)(H,56,60)(H,57,61). The lowest BCUT2D eigenvalue weighted by atomic mass is 9.98. The molecule has 0 aliphatic heterocycles. The van der Waals surface area contributed by atoms with Crippen LogP contribution in [0.4, 0.5) is 14.4 Å². The highest BCUT2D eigenvalue weighted by Crippen LogP contribution is 2.44. The summed E-state index contributed by atoms with van der Waals surface area (Å²) in [5.74, 6) is -3.70. The van der Waals surface area contributed by atoms with Crippen LogP contribution in [0.1, 0.15) is 103 Å². The maximum absolute atomic E-state index is 13.8. The van der Waals surface area contributed by atoms with E-state index < -0.39 is 90.8 Å². The number of alkyl carbamates (subject to hydrolysis) is 3. The van der Waals surface area contributed by atoms with Crippen LogP contribution in [0.3, 0.4) is 0 Å². The van der Waals surface area contributed by atoms with Crippen molar-refractivity contribution in [1.29, 1.82) is 0 Å². The Balaban J connectivity index is 1.24. The maximum atomic E-state index is 13.8. The summed E-state index contributed by atoms with van der Waals surface area (Å²) in [7, 11) is 0. The Morgan fingerprint density at radius 2 is 1.00 bits per heavy atom. The van der Waals surface area contributed by atoms with E-state index in [4.69, 9.17) is 18.9 Å². The zero-order chi connectivity index (χ0) is 50.4. The predicted molar refractivity (Wildman–Crippen MR) is 255 cm³/mol. The molecule has 19 heteroatoms. The highest BCUT2D eigenvalue weighted by molar-refractivity contribution is 5.93. The lowest BCUT2D eigenvalue weighted by Crippen LogP contribution is -2.54. The fourth-order valence-electron chi connectivity index (χ4n) is 7.11. The maximum Gasteiger partial charge on any atom is 0.407 e. The molecule has 0 spiro atoms. The second kappa shape index (κ2) is 27.0. The topological polar surface area (TPSA) is 258 Å².